The predicted octanol–water partition coefficient (Wildman–Crippen LogP) is 1.16. The minimum atomic E-state index is -0.943. The molecule has 1 unspecified atom stereocenters. The summed E-state index contributed by atoms with van der Waals surface area (Å²) in [4.78, 5) is 11.5. The fraction of sp³-hybridized carbons (Fsp3) is 0.417. The van der Waals surface area contributed by atoms with E-state index in [2.05, 4.69) is 0 Å². The molecule has 0 aliphatic carbocycles. The van der Waals surface area contributed by atoms with Gasteiger partial charge in [-0.15, -0.1) is 0 Å². The van der Waals surface area contributed by atoms with E-state index < -0.39 is 11.4 Å². The number of hydrogen-bond acceptors (Lipinski definition) is 4. The van der Waals surface area contributed by atoms with E-state index in [1.165, 1.54) is 0 Å². The van der Waals surface area contributed by atoms with E-state index in [0.29, 0.717) is 30.1 Å². The molecule has 1 atom stereocenters. The Morgan fingerprint density at radius 1 is 1.29 bits per heavy atom. The monoisotopic (exact) mass is 236 g/mol. The first-order valence-corrected chi connectivity index (χ1v) is 5.44. The summed E-state index contributed by atoms with van der Waals surface area (Å²) in [6, 6.07) is 5.27. The average Bonchev–Trinajstić information content (AvgIpc) is 2.97. The molecule has 17 heavy (non-hydrogen) atoms. The van der Waals surface area contributed by atoms with Gasteiger partial charge in [0.2, 0.25) is 6.79 Å². The Morgan fingerprint density at radius 2 is 2.12 bits per heavy atom. The quantitative estimate of drug-likeness (QED) is 0.834. The maximum absolute atomic E-state index is 11.5. The minimum Gasteiger partial charge on any atom is -0.481 e. The van der Waals surface area contributed by atoms with E-state index in [9.17, 15) is 9.90 Å². The van der Waals surface area contributed by atoms with Crippen molar-refractivity contribution in [1.29, 1.82) is 0 Å². The number of carbonyl (C=O) groups is 1. The normalized spacial score (nSPS) is 26.1. The van der Waals surface area contributed by atoms with Crippen LogP contribution in [0.3, 0.4) is 0 Å². The van der Waals surface area contributed by atoms with Crippen LogP contribution in [0.5, 0.6) is 11.5 Å². The van der Waals surface area contributed by atoms with E-state index in [4.69, 9.17) is 14.2 Å². The van der Waals surface area contributed by atoms with Gasteiger partial charge in [-0.3, -0.25) is 4.79 Å². The van der Waals surface area contributed by atoms with Crippen LogP contribution in [-0.4, -0.2) is 31.1 Å². The largest absolute Gasteiger partial charge is 0.481 e. The Hall–Kier alpha value is -1.75. The summed E-state index contributed by atoms with van der Waals surface area (Å²) in [5.74, 6) is 0.414. The lowest BCUT2D eigenvalue weighted by Crippen LogP contribution is -2.36. The highest BCUT2D eigenvalue weighted by Crippen LogP contribution is 2.40. The van der Waals surface area contributed by atoms with Crippen LogP contribution in [0.1, 0.15) is 12.0 Å². The van der Waals surface area contributed by atoms with Gasteiger partial charge in [0, 0.05) is 6.61 Å². The highest BCUT2D eigenvalue weighted by atomic mass is 16.7. The Morgan fingerprint density at radius 3 is 2.82 bits per heavy atom. The molecular weight excluding hydrogens is 224 g/mol. The van der Waals surface area contributed by atoms with Crippen molar-refractivity contribution in [2.75, 3.05) is 20.0 Å². The highest BCUT2D eigenvalue weighted by molar-refractivity contribution is 5.82. The van der Waals surface area contributed by atoms with Crippen LogP contribution in [0.25, 0.3) is 0 Å². The second kappa shape index (κ2) is 3.63. The highest BCUT2D eigenvalue weighted by Gasteiger charge is 2.44. The molecule has 5 heteroatoms. The lowest BCUT2D eigenvalue weighted by Gasteiger charge is -2.22. The molecular formula is C12H12O5. The molecule has 1 aromatic rings. The number of ether oxygens (including phenoxy) is 3. The number of benzene rings is 1. The number of carboxylic acids is 1. The van der Waals surface area contributed by atoms with E-state index in [-0.39, 0.29) is 13.4 Å². The Bertz CT molecular complexity index is 462. The van der Waals surface area contributed by atoms with Crippen LogP contribution in [0.15, 0.2) is 18.2 Å². The molecule has 90 valence electrons. The summed E-state index contributed by atoms with van der Waals surface area (Å²) >= 11 is 0. The third kappa shape index (κ3) is 1.46. The van der Waals surface area contributed by atoms with Gasteiger partial charge >= 0.3 is 5.97 Å². The molecule has 0 aromatic heterocycles. The lowest BCUT2D eigenvalue weighted by molar-refractivity contribution is -0.143. The van der Waals surface area contributed by atoms with Gasteiger partial charge in [0.1, 0.15) is 5.41 Å². The van der Waals surface area contributed by atoms with Crippen LogP contribution in [0, 0.1) is 0 Å². The van der Waals surface area contributed by atoms with Crippen LogP contribution in [-0.2, 0) is 14.9 Å². The molecule has 3 rings (SSSR count). The van der Waals surface area contributed by atoms with Crippen molar-refractivity contribution in [1.82, 2.24) is 0 Å². The molecule has 0 saturated carbocycles. The van der Waals surface area contributed by atoms with Crippen molar-refractivity contribution in [3.05, 3.63) is 23.8 Å². The number of fused-ring (bicyclic) bond motifs is 1. The molecule has 5 nitrogen and oxygen atoms in total. The predicted molar refractivity (Wildman–Crippen MR) is 57.3 cm³/mol. The molecule has 0 radical (unpaired) electrons. The Kier molecular flexibility index (Phi) is 2.22. The molecule has 2 heterocycles. The third-order valence-corrected chi connectivity index (χ3v) is 3.36. The van der Waals surface area contributed by atoms with Gasteiger partial charge in [0.15, 0.2) is 11.5 Å². The molecule has 1 N–H and O–H groups in total. The van der Waals surface area contributed by atoms with Crippen molar-refractivity contribution in [3.63, 3.8) is 0 Å². The molecule has 2 aliphatic rings. The van der Waals surface area contributed by atoms with Crippen molar-refractivity contribution in [3.8, 4) is 11.5 Å². The molecule has 0 amide bonds. The summed E-state index contributed by atoms with van der Waals surface area (Å²) < 4.78 is 15.7. The van der Waals surface area contributed by atoms with Crippen molar-refractivity contribution in [2.24, 2.45) is 0 Å². The first kappa shape index (κ1) is 10.4. The molecule has 0 spiro atoms. The smallest absolute Gasteiger partial charge is 0.316 e. The average molecular weight is 236 g/mol. The molecule has 0 bridgehead atoms. The summed E-state index contributed by atoms with van der Waals surface area (Å²) in [6.07, 6.45) is 0.488. The van der Waals surface area contributed by atoms with Gasteiger partial charge in [-0.2, -0.15) is 0 Å². The number of aliphatic carboxylic acids is 1. The van der Waals surface area contributed by atoms with E-state index in [0.717, 1.165) is 0 Å². The molecule has 1 fully saturated rings. The molecule has 2 aliphatic heterocycles. The van der Waals surface area contributed by atoms with Crippen LogP contribution in [0.2, 0.25) is 0 Å². The fourth-order valence-corrected chi connectivity index (χ4v) is 2.28. The van der Waals surface area contributed by atoms with Gasteiger partial charge in [-0.25, -0.2) is 0 Å². The first-order valence-electron chi connectivity index (χ1n) is 5.44. The summed E-state index contributed by atoms with van der Waals surface area (Å²) in [5.41, 5.74) is -0.229. The Balaban J connectivity index is 2.05. The van der Waals surface area contributed by atoms with Crippen molar-refractivity contribution >= 4 is 5.97 Å². The molecule has 1 saturated heterocycles. The van der Waals surface area contributed by atoms with Gasteiger partial charge in [0.05, 0.1) is 6.61 Å². The van der Waals surface area contributed by atoms with Gasteiger partial charge in [0.25, 0.3) is 0 Å². The Labute approximate surface area is 97.9 Å². The standard InChI is InChI=1S/C12H12O5/c13-11(14)12(3-4-15-6-12)8-1-2-9-10(5-8)17-7-16-9/h1-2,5H,3-4,6-7H2,(H,13,14). The summed E-state index contributed by atoms with van der Waals surface area (Å²) in [5, 5.41) is 9.41. The first-order chi connectivity index (χ1) is 8.22. The maximum Gasteiger partial charge on any atom is 0.316 e. The summed E-state index contributed by atoms with van der Waals surface area (Å²) in [6.45, 7) is 0.873. The van der Waals surface area contributed by atoms with Crippen molar-refractivity contribution < 1.29 is 24.1 Å². The SMILES string of the molecule is O=C(O)C1(c2ccc3c(c2)OCO3)CCOC1. The van der Waals surface area contributed by atoms with Gasteiger partial charge in [-0.05, 0) is 24.1 Å². The third-order valence-electron chi connectivity index (χ3n) is 3.36. The second-order valence-electron chi connectivity index (χ2n) is 4.26. The van der Waals surface area contributed by atoms with Crippen LogP contribution < -0.4 is 9.47 Å². The van der Waals surface area contributed by atoms with E-state index >= 15 is 0 Å². The van der Waals surface area contributed by atoms with Crippen LogP contribution >= 0.6 is 0 Å². The lowest BCUT2D eigenvalue weighted by atomic mass is 9.80. The second-order valence-corrected chi connectivity index (χ2v) is 4.26. The fourth-order valence-electron chi connectivity index (χ4n) is 2.28. The zero-order valence-electron chi connectivity index (χ0n) is 9.14. The zero-order chi connectivity index (χ0) is 11.9. The van der Waals surface area contributed by atoms with Gasteiger partial charge < -0.3 is 19.3 Å². The minimum absolute atomic E-state index is 0.190. The van der Waals surface area contributed by atoms with E-state index in [1.54, 1.807) is 18.2 Å². The number of rotatable bonds is 2. The van der Waals surface area contributed by atoms with Crippen LogP contribution in [0.4, 0.5) is 0 Å². The number of hydrogen-bond donors (Lipinski definition) is 1. The van der Waals surface area contributed by atoms with Gasteiger partial charge in [-0.1, -0.05) is 6.07 Å². The maximum atomic E-state index is 11.5. The zero-order valence-corrected chi connectivity index (χ0v) is 9.14. The number of carboxylic acid groups (broad SMARTS) is 1. The topological polar surface area (TPSA) is 65.0 Å². The van der Waals surface area contributed by atoms with E-state index in [1.807, 2.05) is 0 Å². The summed E-state index contributed by atoms with van der Waals surface area (Å²) in [7, 11) is 0. The molecule has 1 aromatic carbocycles. The van der Waals surface area contributed by atoms with Crippen molar-refractivity contribution in [2.45, 2.75) is 11.8 Å².